The molecule has 7 heteroatoms. The van der Waals surface area contributed by atoms with Gasteiger partial charge < -0.3 is 14.6 Å². The average molecular weight is 306 g/mol. The molecule has 0 bridgehead atoms. The highest BCUT2D eigenvalue weighted by atomic mass is 32.1. The van der Waals surface area contributed by atoms with Gasteiger partial charge in [0.2, 0.25) is 5.91 Å². The third-order valence-corrected chi connectivity index (χ3v) is 4.27. The second-order valence-corrected chi connectivity index (χ2v) is 6.25. The van der Waals surface area contributed by atoms with E-state index in [1.807, 2.05) is 24.1 Å². The van der Waals surface area contributed by atoms with Crippen molar-refractivity contribution < 1.29 is 9.53 Å². The van der Waals surface area contributed by atoms with Gasteiger partial charge in [-0.2, -0.15) is 0 Å². The van der Waals surface area contributed by atoms with E-state index in [9.17, 15) is 4.79 Å². The normalized spacial score (nSPS) is 19.0. The summed E-state index contributed by atoms with van der Waals surface area (Å²) in [5.41, 5.74) is 1.84. The molecule has 1 amide bonds. The standard InChI is InChI=1S/C14H18N4O2S/c1-9-6-15-14(16-9)12-7-18(3-4-20-12)13(19)5-11-8-21-10(2)17-11/h6,8,12H,3-5,7H2,1-2H3,(H,15,16). The molecule has 1 saturated heterocycles. The molecular formula is C14H18N4O2S. The molecule has 0 saturated carbocycles. The van der Waals surface area contributed by atoms with Gasteiger partial charge in [-0.1, -0.05) is 0 Å². The molecule has 0 aliphatic carbocycles. The Morgan fingerprint density at radius 2 is 2.43 bits per heavy atom. The monoisotopic (exact) mass is 306 g/mol. The number of amides is 1. The van der Waals surface area contributed by atoms with Crippen LogP contribution in [-0.4, -0.2) is 45.5 Å². The Kier molecular flexibility index (Phi) is 4.03. The maximum absolute atomic E-state index is 12.4. The summed E-state index contributed by atoms with van der Waals surface area (Å²) in [6.07, 6.45) is 1.96. The van der Waals surface area contributed by atoms with E-state index >= 15 is 0 Å². The first-order valence-electron chi connectivity index (χ1n) is 6.93. The lowest BCUT2D eigenvalue weighted by Crippen LogP contribution is -2.43. The van der Waals surface area contributed by atoms with Crippen molar-refractivity contribution in [2.24, 2.45) is 0 Å². The molecule has 0 spiro atoms. The highest BCUT2D eigenvalue weighted by molar-refractivity contribution is 7.09. The zero-order valence-electron chi connectivity index (χ0n) is 12.1. The molecule has 1 N–H and O–H groups in total. The molecule has 2 aromatic heterocycles. The number of ether oxygens (including phenoxy) is 1. The Morgan fingerprint density at radius 3 is 3.10 bits per heavy atom. The summed E-state index contributed by atoms with van der Waals surface area (Å²) in [6, 6.07) is 0. The number of aromatic amines is 1. The number of carbonyl (C=O) groups is 1. The molecule has 1 fully saturated rings. The van der Waals surface area contributed by atoms with E-state index in [4.69, 9.17) is 4.74 Å². The summed E-state index contributed by atoms with van der Waals surface area (Å²) in [4.78, 5) is 26.0. The number of carbonyl (C=O) groups excluding carboxylic acids is 1. The maximum Gasteiger partial charge on any atom is 0.228 e. The molecule has 0 aromatic carbocycles. The highest BCUT2D eigenvalue weighted by Crippen LogP contribution is 2.20. The molecule has 2 aromatic rings. The van der Waals surface area contributed by atoms with Crippen LogP contribution in [0.2, 0.25) is 0 Å². The fourth-order valence-electron chi connectivity index (χ4n) is 2.39. The fourth-order valence-corrected chi connectivity index (χ4v) is 3.01. The minimum atomic E-state index is -0.173. The van der Waals surface area contributed by atoms with Gasteiger partial charge in [0.1, 0.15) is 11.9 Å². The Labute approximate surface area is 127 Å². The van der Waals surface area contributed by atoms with Crippen molar-refractivity contribution in [3.05, 3.63) is 33.8 Å². The lowest BCUT2D eigenvalue weighted by atomic mass is 10.2. The van der Waals surface area contributed by atoms with E-state index in [1.54, 1.807) is 17.5 Å². The molecule has 1 aliphatic rings. The third kappa shape index (κ3) is 3.30. The highest BCUT2D eigenvalue weighted by Gasteiger charge is 2.27. The van der Waals surface area contributed by atoms with Gasteiger partial charge in [0.15, 0.2) is 0 Å². The van der Waals surface area contributed by atoms with Crippen LogP contribution >= 0.6 is 11.3 Å². The molecular weight excluding hydrogens is 288 g/mol. The Bertz CT molecular complexity index is 636. The van der Waals surface area contributed by atoms with Gasteiger partial charge in [0, 0.05) is 23.8 Å². The minimum absolute atomic E-state index is 0.0943. The zero-order valence-corrected chi connectivity index (χ0v) is 12.9. The van der Waals surface area contributed by atoms with Crippen LogP contribution in [0.25, 0.3) is 0 Å². The van der Waals surface area contributed by atoms with Crippen molar-refractivity contribution in [1.82, 2.24) is 19.9 Å². The van der Waals surface area contributed by atoms with Gasteiger partial charge in [0.05, 0.1) is 30.3 Å². The number of aryl methyl sites for hydroxylation is 2. The van der Waals surface area contributed by atoms with Crippen molar-refractivity contribution in [2.45, 2.75) is 26.4 Å². The number of rotatable bonds is 3. The lowest BCUT2D eigenvalue weighted by Gasteiger charge is -2.32. The van der Waals surface area contributed by atoms with E-state index in [0.717, 1.165) is 22.2 Å². The Morgan fingerprint density at radius 1 is 1.57 bits per heavy atom. The van der Waals surface area contributed by atoms with Crippen LogP contribution in [0, 0.1) is 13.8 Å². The molecule has 1 unspecified atom stereocenters. The van der Waals surface area contributed by atoms with E-state index in [-0.39, 0.29) is 12.0 Å². The first kappa shape index (κ1) is 14.2. The second-order valence-electron chi connectivity index (χ2n) is 5.19. The molecule has 3 heterocycles. The number of hydrogen-bond acceptors (Lipinski definition) is 5. The summed E-state index contributed by atoms with van der Waals surface area (Å²) in [5.74, 6) is 0.881. The molecule has 1 atom stereocenters. The average Bonchev–Trinajstić information content (AvgIpc) is 3.08. The van der Waals surface area contributed by atoms with Crippen LogP contribution in [0.3, 0.4) is 0 Å². The van der Waals surface area contributed by atoms with Gasteiger partial charge in [-0.25, -0.2) is 9.97 Å². The minimum Gasteiger partial charge on any atom is -0.367 e. The zero-order chi connectivity index (χ0) is 14.8. The van der Waals surface area contributed by atoms with Crippen molar-refractivity contribution in [2.75, 3.05) is 19.7 Å². The Balaban J connectivity index is 1.64. The van der Waals surface area contributed by atoms with Crippen LogP contribution < -0.4 is 0 Å². The van der Waals surface area contributed by atoms with Crippen molar-refractivity contribution in [3.63, 3.8) is 0 Å². The molecule has 6 nitrogen and oxygen atoms in total. The van der Waals surface area contributed by atoms with Crippen LogP contribution in [0.5, 0.6) is 0 Å². The molecule has 21 heavy (non-hydrogen) atoms. The number of nitrogens with one attached hydrogen (secondary N) is 1. The van der Waals surface area contributed by atoms with E-state index in [0.29, 0.717) is 26.1 Å². The fraction of sp³-hybridized carbons (Fsp3) is 0.500. The van der Waals surface area contributed by atoms with Crippen LogP contribution in [0.15, 0.2) is 11.6 Å². The van der Waals surface area contributed by atoms with Gasteiger partial charge in [-0.15, -0.1) is 11.3 Å². The lowest BCUT2D eigenvalue weighted by molar-refractivity contribution is -0.138. The first-order valence-corrected chi connectivity index (χ1v) is 7.81. The predicted molar refractivity (Wildman–Crippen MR) is 79.2 cm³/mol. The van der Waals surface area contributed by atoms with Gasteiger partial charge in [-0.3, -0.25) is 4.79 Å². The summed E-state index contributed by atoms with van der Waals surface area (Å²) in [6.45, 7) is 5.59. The second kappa shape index (κ2) is 5.95. The number of thiazole rings is 1. The number of nitrogens with zero attached hydrogens (tertiary/aromatic N) is 3. The number of H-pyrrole nitrogens is 1. The Hall–Kier alpha value is -1.73. The largest absolute Gasteiger partial charge is 0.367 e. The number of morpholine rings is 1. The third-order valence-electron chi connectivity index (χ3n) is 3.45. The van der Waals surface area contributed by atoms with E-state index in [2.05, 4.69) is 15.0 Å². The van der Waals surface area contributed by atoms with E-state index in [1.165, 1.54) is 0 Å². The van der Waals surface area contributed by atoms with Crippen molar-refractivity contribution in [1.29, 1.82) is 0 Å². The number of hydrogen-bond donors (Lipinski definition) is 1. The molecule has 1 aliphatic heterocycles. The summed E-state index contributed by atoms with van der Waals surface area (Å²) >= 11 is 1.57. The SMILES string of the molecule is Cc1cnc(C2CN(C(=O)Cc3csc(C)n3)CCO2)[nH]1. The number of imidazole rings is 1. The topological polar surface area (TPSA) is 71.1 Å². The van der Waals surface area contributed by atoms with Crippen LogP contribution in [-0.2, 0) is 16.0 Å². The smallest absolute Gasteiger partial charge is 0.228 e. The van der Waals surface area contributed by atoms with Gasteiger partial charge in [0.25, 0.3) is 0 Å². The summed E-state index contributed by atoms with van der Waals surface area (Å²) < 4.78 is 5.71. The predicted octanol–water partition coefficient (Wildman–Crippen LogP) is 1.63. The number of aromatic nitrogens is 3. The summed E-state index contributed by atoms with van der Waals surface area (Å²) in [7, 11) is 0. The molecule has 3 rings (SSSR count). The quantitative estimate of drug-likeness (QED) is 0.935. The molecule has 0 radical (unpaired) electrons. The summed E-state index contributed by atoms with van der Waals surface area (Å²) in [5, 5.41) is 2.94. The van der Waals surface area contributed by atoms with E-state index < -0.39 is 0 Å². The first-order chi connectivity index (χ1) is 10.1. The van der Waals surface area contributed by atoms with Crippen molar-refractivity contribution in [3.8, 4) is 0 Å². The van der Waals surface area contributed by atoms with Crippen LogP contribution in [0.1, 0.15) is 28.3 Å². The molecule has 112 valence electrons. The van der Waals surface area contributed by atoms with Gasteiger partial charge >= 0.3 is 0 Å². The van der Waals surface area contributed by atoms with Gasteiger partial charge in [-0.05, 0) is 13.8 Å². The van der Waals surface area contributed by atoms with Crippen LogP contribution in [0.4, 0.5) is 0 Å². The van der Waals surface area contributed by atoms with Crippen molar-refractivity contribution >= 4 is 17.2 Å². The maximum atomic E-state index is 12.4.